The van der Waals surface area contributed by atoms with E-state index in [9.17, 15) is 4.79 Å². The van der Waals surface area contributed by atoms with Crippen LogP contribution >= 0.6 is 0 Å². The molecule has 2 aliphatic rings. The van der Waals surface area contributed by atoms with Crippen LogP contribution in [-0.4, -0.2) is 56.5 Å². The Labute approximate surface area is 83.3 Å². The maximum atomic E-state index is 11.4. The third-order valence-electron chi connectivity index (χ3n) is 2.89. The van der Waals surface area contributed by atoms with Gasteiger partial charge in [-0.15, -0.1) is 0 Å². The molecule has 0 saturated carbocycles. The fraction of sp³-hybridized carbons (Fsp3) is 0.889. The van der Waals surface area contributed by atoms with E-state index in [1.165, 1.54) is 0 Å². The van der Waals surface area contributed by atoms with Crippen LogP contribution in [0.2, 0.25) is 0 Å². The molecule has 0 radical (unpaired) electrons. The summed E-state index contributed by atoms with van der Waals surface area (Å²) in [6, 6.07) is 0.177. The van der Waals surface area contributed by atoms with E-state index in [0.717, 1.165) is 19.5 Å². The number of methoxy groups -OCH3 is 1. The lowest BCUT2D eigenvalue weighted by molar-refractivity contribution is 0.0153. The molecule has 0 aromatic rings. The number of piperidine rings is 1. The van der Waals surface area contributed by atoms with Gasteiger partial charge in [0.05, 0.1) is 18.7 Å². The highest BCUT2D eigenvalue weighted by molar-refractivity contribution is 5.69. The minimum atomic E-state index is -0.195. The van der Waals surface area contributed by atoms with E-state index in [1.807, 2.05) is 0 Å². The smallest absolute Gasteiger partial charge is 0.410 e. The van der Waals surface area contributed by atoms with Crippen molar-refractivity contribution in [2.45, 2.75) is 18.6 Å². The zero-order valence-corrected chi connectivity index (χ0v) is 8.36. The molecule has 0 aromatic heterocycles. The molecule has 2 fully saturated rings. The summed E-state index contributed by atoms with van der Waals surface area (Å²) in [5.74, 6) is 0. The lowest BCUT2D eigenvalue weighted by Crippen LogP contribution is -2.53. The van der Waals surface area contributed by atoms with E-state index >= 15 is 0 Å². The third kappa shape index (κ3) is 1.69. The Morgan fingerprint density at radius 1 is 1.64 bits per heavy atom. The number of rotatable bonds is 2. The second kappa shape index (κ2) is 4.14. The lowest BCUT2D eigenvalue weighted by Gasteiger charge is -2.35. The Bertz CT molecular complexity index is 222. The van der Waals surface area contributed by atoms with Crippen LogP contribution in [-0.2, 0) is 9.47 Å². The van der Waals surface area contributed by atoms with Crippen LogP contribution in [0.5, 0.6) is 0 Å². The molecule has 0 aromatic carbocycles. The quantitative estimate of drug-likeness (QED) is 0.671. The van der Waals surface area contributed by atoms with Gasteiger partial charge in [0, 0.05) is 13.7 Å². The summed E-state index contributed by atoms with van der Waals surface area (Å²) < 4.78 is 10.3. The van der Waals surface area contributed by atoms with Crippen molar-refractivity contribution in [3.63, 3.8) is 0 Å². The van der Waals surface area contributed by atoms with Gasteiger partial charge in [0.25, 0.3) is 0 Å². The Hall–Kier alpha value is -0.810. The number of nitrogens with zero attached hydrogens (tertiary/aromatic N) is 1. The largest absolute Gasteiger partial charge is 0.448 e. The van der Waals surface area contributed by atoms with Gasteiger partial charge in [0.15, 0.2) is 0 Å². The number of hydrogen-bond acceptors (Lipinski definition) is 4. The SMILES string of the molecule is COC1CNCCC1N1CCOC1=O. The molecular weight excluding hydrogens is 184 g/mol. The number of amides is 1. The van der Waals surface area contributed by atoms with Gasteiger partial charge in [0.1, 0.15) is 6.61 Å². The maximum Gasteiger partial charge on any atom is 0.410 e. The topological polar surface area (TPSA) is 50.8 Å². The van der Waals surface area contributed by atoms with Crippen molar-refractivity contribution >= 4 is 6.09 Å². The van der Waals surface area contributed by atoms with Crippen molar-refractivity contribution in [1.29, 1.82) is 0 Å². The summed E-state index contributed by atoms with van der Waals surface area (Å²) in [6.07, 6.45) is 0.835. The summed E-state index contributed by atoms with van der Waals surface area (Å²) in [7, 11) is 1.69. The summed E-state index contributed by atoms with van der Waals surface area (Å²) in [6.45, 7) is 2.96. The molecule has 0 aliphatic carbocycles. The zero-order valence-electron chi connectivity index (χ0n) is 8.36. The zero-order chi connectivity index (χ0) is 9.97. The molecule has 5 nitrogen and oxygen atoms in total. The molecule has 0 bridgehead atoms. The van der Waals surface area contributed by atoms with Gasteiger partial charge < -0.3 is 14.8 Å². The second-order valence-corrected chi connectivity index (χ2v) is 3.64. The van der Waals surface area contributed by atoms with E-state index in [2.05, 4.69) is 5.32 Å². The number of hydrogen-bond donors (Lipinski definition) is 1. The Morgan fingerprint density at radius 2 is 2.50 bits per heavy atom. The van der Waals surface area contributed by atoms with Gasteiger partial charge in [-0.25, -0.2) is 4.79 Å². The average molecular weight is 200 g/mol. The third-order valence-corrected chi connectivity index (χ3v) is 2.89. The predicted molar refractivity (Wildman–Crippen MR) is 50.1 cm³/mol. The van der Waals surface area contributed by atoms with Crippen molar-refractivity contribution in [3.05, 3.63) is 0 Å². The van der Waals surface area contributed by atoms with Gasteiger partial charge >= 0.3 is 6.09 Å². The molecule has 1 N–H and O–H groups in total. The average Bonchev–Trinajstić information content (AvgIpc) is 2.64. The van der Waals surface area contributed by atoms with Crippen LogP contribution in [0.3, 0.4) is 0 Å². The van der Waals surface area contributed by atoms with Crippen LogP contribution in [0.1, 0.15) is 6.42 Å². The number of carbonyl (C=O) groups excluding carboxylic acids is 1. The van der Waals surface area contributed by atoms with E-state index in [1.54, 1.807) is 12.0 Å². The van der Waals surface area contributed by atoms with E-state index < -0.39 is 0 Å². The summed E-state index contributed by atoms with van der Waals surface area (Å²) >= 11 is 0. The first-order valence-electron chi connectivity index (χ1n) is 5.00. The molecule has 5 heteroatoms. The fourth-order valence-corrected chi connectivity index (χ4v) is 2.12. The first kappa shape index (κ1) is 9.73. The Kier molecular flexibility index (Phi) is 2.88. The Morgan fingerprint density at radius 3 is 3.14 bits per heavy atom. The molecule has 2 heterocycles. The molecule has 0 spiro atoms. The number of nitrogens with one attached hydrogen (secondary N) is 1. The molecule has 2 atom stereocenters. The van der Waals surface area contributed by atoms with Crippen LogP contribution < -0.4 is 5.32 Å². The maximum absolute atomic E-state index is 11.4. The summed E-state index contributed by atoms with van der Waals surface area (Å²) in [5.41, 5.74) is 0. The van der Waals surface area contributed by atoms with Crippen LogP contribution in [0.15, 0.2) is 0 Å². The van der Waals surface area contributed by atoms with Crippen LogP contribution in [0.25, 0.3) is 0 Å². The molecule has 1 amide bonds. The van der Waals surface area contributed by atoms with Crippen molar-refractivity contribution in [1.82, 2.24) is 10.2 Å². The van der Waals surface area contributed by atoms with E-state index in [-0.39, 0.29) is 18.2 Å². The van der Waals surface area contributed by atoms with Gasteiger partial charge in [-0.2, -0.15) is 0 Å². The normalized spacial score (nSPS) is 33.2. The lowest BCUT2D eigenvalue weighted by atomic mass is 10.0. The molecule has 2 aliphatic heterocycles. The highest BCUT2D eigenvalue weighted by atomic mass is 16.6. The second-order valence-electron chi connectivity index (χ2n) is 3.64. The Balaban J connectivity index is 2.02. The van der Waals surface area contributed by atoms with E-state index in [4.69, 9.17) is 9.47 Å². The standard InChI is InChI=1S/C9H16N2O3/c1-13-8-6-10-3-2-7(8)11-4-5-14-9(11)12/h7-8,10H,2-6H2,1H3. The molecule has 2 rings (SSSR count). The predicted octanol–water partition coefficient (Wildman–Crippen LogP) is -0.185. The first-order chi connectivity index (χ1) is 6.83. The van der Waals surface area contributed by atoms with Crippen molar-refractivity contribution < 1.29 is 14.3 Å². The fourth-order valence-electron chi connectivity index (χ4n) is 2.12. The molecule has 2 unspecified atom stereocenters. The summed E-state index contributed by atoms with van der Waals surface area (Å²) in [4.78, 5) is 13.1. The van der Waals surface area contributed by atoms with Crippen LogP contribution in [0, 0.1) is 0 Å². The van der Waals surface area contributed by atoms with Crippen molar-refractivity contribution in [2.24, 2.45) is 0 Å². The molecule has 80 valence electrons. The monoisotopic (exact) mass is 200 g/mol. The highest BCUT2D eigenvalue weighted by Crippen LogP contribution is 2.18. The number of ether oxygens (including phenoxy) is 2. The minimum absolute atomic E-state index is 0.0920. The van der Waals surface area contributed by atoms with Crippen molar-refractivity contribution in [3.8, 4) is 0 Å². The number of cyclic esters (lactones) is 1. The van der Waals surface area contributed by atoms with Crippen LogP contribution in [0.4, 0.5) is 4.79 Å². The minimum Gasteiger partial charge on any atom is -0.448 e. The highest BCUT2D eigenvalue weighted by Gasteiger charge is 2.36. The molecule has 14 heavy (non-hydrogen) atoms. The van der Waals surface area contributed by atoms with Gasteiger partial charge in [-0.1, -0.05) is 0 Å². The van der Waals surface area contributed by atoms with Gasteiger partial charge in [-0.3, -0.25) is 4.90 Å². The number of carbonyl (C=O) groups is 1. The molecular formula is C9H16N2O3. The van der Waals surface area contributed by atoms with Crippen molar-refractivity contribution in [2.75, 3.05) is 33.4 Å². The van der Waals surface area contributed by atoms with Gasteiger partial charge in [0.2, 0.25) is 0 Å². The van der Waals surface area contributed by atoms with E-state index in [0.29, 0.717) is 13.2 Å². The first-order valence-corrected chi connectivity index (χ1v) is 5.00. The van der Waals surface area contributed by atoms with Gasteiger partial charge in [-0.05, 0) is 13.0 Å². The summed E-state index contributed by atoms with van der Waals surface area (Å²) in [5, 5.41) is 3.25. The molecule has 2 saturated heterocycles.